The lowest BCUT2D eigenvalue weighted by Crippen LogP contribution is -2.11. The van der Waals surface area contributed by atoms with Gasteiger partial charge in [0.15, 0.2) is 0 Å². The summed E-state index contributed by atoms with van der Waals surface area (Å²) in [7, 11) is 0. The fraction of sp³-hybridized carbons (Fsp3) is 0.778. The van der Waals surface area contributed by atoms with E-state index in [1.165, 1.54) is 19.3 Å². The van der Waals surface area contributed by atoms with Crippen molar-refractivity contribution in [1.82, 2.24) is 0 Å². The maximum atomic E-state index is 5.43. The van der Waals surface area contributed by atoms with Crippen molar-refractivity contribution in [2.75, 3.05) is 13.2 Å². The van der Waals surface area contributed by atoms with Gasteiger partial charge in [0.05, 0.1) is 6.61 Å². The third-order valence-corrected chi connectivity index (χ3v) is 1.82. The van der Waals surface area contributed by atoms with Gasteiger partial charge >= 0.3 is 0 Å². The molecular formula is C9H16O. The van der Waals surface area contributed by atoms with E-state index in [9.17, 15) is 0 Å². The molecule has 0 bridgehead atoms. The lowest BCUT2D eigenvalue weighted by atomic mass is 9.97. The summed E-state index contributed by atoms with van der Waals surface area (Å²) in [5.41, 5.74) is 0. The SMILES string of the molecule is CCCCOCC1C=CC1. The highest BCUT2D eigenvalue weighted by Gasteiger charge is 2.08. The Morgan fingerprint density at radius 3 is 2.90 bits per heavy atom. The Bertz CT molecular complexity index is 107. The number of hydrogen-bond donors (Lipinski definition) is 0. The first-order chi connectivity index (χ1) is 4.93. The normalized spacial score (nSPS) is 22.7. The smallest absolute Gasteiger partial charge is 0.0531 e. The summed E-state index contributed by atoms with van der Waals surface area (Å²) in [6.45, 7) is 4.07. The minimum absolute atomic E-state index is 0.733. The van der Waals surface area contributed by atoms with Crippen LogP contribution in [-0.2, 0) is 4.74 Å². The van der Waals surface area contributed by atoms with Crippen molar-refractivity contribution in [2.24, 2.45) is 5.92 Å². The molecule has 0 N–H and O–H groups in total. The van der Waals surface area contributed by atoms with Crippen molar-refractivity contribution in [3.63, 3.8) is 0 Å². The molecular weight excluding hydrogens is 124 g/mol. The van der Waals surface area contributed by atoms with Gasteiger partial charge in [-0.3, -0.25) is 0 Å². The molecule has 1 nitrogen and oxygen atoms in total. The molecule has 1 aliphatic carbocycles. The van der Waals surface area contributed by atoms with Crippen LogP contribution >= 0.6 is 0 Å². The Morgan fingerprint density at radius 2 is 2.40 bits per heavy atom. The van der Waals surface area contributed by atoms with E-state index >= 15 is 0 Å². The zero-order chi connectivity index (χ0) is 7.23. The molecule has 1 heteroatoms. The molecule has 1 unspecified atom stereocenters. The Morgan fingerprint density at radius 1 is 1.60 bits per heavy atom. The standard InChI is InChI=1S/C9H16O/c1-2-3-7-10-8-9-5-4-6-9/h4-5,9H,2-3,6-8H2,1H3. The molecule has 10 heavy (non-hydrogen) atoms. The van der Waals surface area contributed by atoms with Crippen molar-refractivity contribution >= 4 is 0 Å². The second-order valence-corrected chi connectivity index (χ2v) is 2.85. The van der Waals surface area contributed by atoms with Crippen molar-refractivity contribution in [2.45, 2.75) is 26.2 Å². The number of unbranched alkanes of at least 4 members (excludes halogenated alkanes) is 1. The van der Waals surface area contributed by atoms with E-state index in [4.69, 9.17) is 4.74 Å². The molecule has 0 aromatic heterocycles. The summed E-state index contributed by atoms with van der Waals surface area (Å²) >= 11 is 0. The van der Waals surface area contributed by atoms with Gasteiger partial charge < -0.3 is 4.74 Å². The Hall–Kier alpha value is -0.300. The molecule has 0 aromatic carbocycles. The van der Waals surface area contributed by atoms with Crippen LogP contribution in [-0.4, -0.2) is 13.2 Å². The Kier molecular flexibility index (Phi) is 3.52. The van der Waals surface area contributed by atoms with Gasteiger partial charge in [-0.15, -0.1) is 0 Å². The van der Waals surface area contributed by atoms with Gasteiger partial charge in [0, 0.05) is 12.5 Å². The van der Waals surface area contributed by atoms with Crippen LogP contribution < -0.4 is 0 Å². The summed E-state index contributed by atoms with van der Waals surface area (Å²) in [5.74, 6) is 0.733. The lowest BCUT2D eigenvalue weighted by molar-refractivity contribution is 0.106. The van der Waals surface area contributed by atoms with E-state index in [0.29, 0.717) is 0 Å². The van der Waals surface area contributed by atoms with Crippen molar-refractivity contribution in [1.29, 1.82) is 0 Å². The van der Waals surface area contributed by atoms with Crippen LogP contribution in [0.2, 0.25) is 0 Å². The molecule has 1 rings (SSSR count). The minimum atomic E-state index is 0.733. The van der Waals surface area contributed by atoms with E-state index in [2.05, 4.69) is 19.1 Å². The van der Waals surface area contributed by atoms with Crippen LogP contribution in [0.25, 0.3) is 0 Å². The average Bonchev–Trinajstić information content (AvgIpc) is 1.84. The van der Waals surface area contributed by atoms with E-state index in [-0.39, 0.29) is 0 Å². The van der Waals surface area contributed by atoms with Crippen molar-refractivity contribution in [3.05, 3.63) is 12.2 Å². The third kappa shape index (κ3) is 2.53. The van der Waals surface area contributed by atoms with Gasteiger partial charge in [-0.1, -0.05) is 25.5 Å². The number of ether oxygens (including phenoxy) is 1. The maximum Gasteiger partial charge on any atom is 0.0531 e. The van der Waals surface area contributed by atoms with Gasteiger partial charge in [0.25, 0.3) is 0 Å². The molecule has 0 aromatic rings. The Labute approximate surface area is 63.1 Å². The lowest BCUT2D eigenvalue weighted by Gasteiger charge is -2.16. The van der Waals surface area contributed by atoms with Crippen LogP contribution in [0.5, 0.6) is 0 Å². The maximum absolute atomic E-state index is 5.43. The molecule has 0 radical (unpaired) electrons. The van der Waals surface area contributed by atoms with Gasteiger partial charge in [0.1, 0.15) is 0 Å². The van der Waals surface area contributed by atoms with Gasteiger partial charge in [-0.2, -0.15) is 0 Å². The quantitative estimate of drug-likeness (QED) is 0.421. The molecule has 0 heterocycles. The summed E-state index contributed by atoms with van der Waals surface area (Å²) in [6.07, 6.45) is 8.10. The van der Waals surface area contributed by atoms with Crippen LogP contribution in [0.3, 0.4) is 0 Å². The van der Waals surface area contributed by atoms with E-state index < -0.39 is 0 Å². The zero-order valence-corrected chi connectivity index (χ0v) is 6.68. The van der Waals surface area contributed by atoms with E-state index in [1.54, 1.807) is 0 Å². The molecule has 58 valence electrons. The second kappa shape index (κ2) is 4.51. The second-order valence-electron chi connectivity index (χ2n) is 2.85. The third-order valence-electron chi connectivity index (χ3n) is 1.82. The molecule has 0 amide bonds. The topological polar surface area (TPSA) is 9.23 Å². The highest BCUT2D eigenvalue weighted by molar-refractivity contribution is 5.01. The van der Waals surface area contributed by atoms with E-state index in [0.717, 1.165) is 19.1 Å². The van der Waals surface area contributed by atoms with Gasteiger partial charge in [-0.25, -0.2) is 0 Å². The first-order valence-corrected chi connectivity index (χ1v) is 4.18. The minimum Gasteiger partial charge on any atom is -0.381 e. The average molecular weight is 140 g/mol. The number of rotatable bonds is 5. The zero-order valence-electron chi connectivity index (χ0n) is 6.68. The van der Waals surface area contributed by atoms with Crippen LogP contribution in [0.15, 0.2) is 12.2 Å². The highest BCUT2D eigenvalue weighted by atomic mass is 16.5. The predicted octanol–water partition coefficient (Wildman–Crippen LogP) is 2.38. The van der Waals surface area contributed by atoms with Crippen LogP contribution in [0, 0.1) is 5.92 Å². The number of allylic oxidation sites excluding steroid dienone is 1. The fourth-order valence-corrected chi connectivity index (χ4v) is 0.933. The Balaban J connectivity index is 1.81. The molecule has 0 saturated carbocycles. The fourth-order valence-electron chi connectivity index (χ4n) is 0.933. The summed E-state index contributed by atoms with van der Waals surface area (Å²) in [4.78, 5) is 0. The van der Waals surface area contributed by atoms with Crippen molar-refractivity contribution in [3.8, 4) is 0 Å². The van der Waals surface area contributed by atoms with Gasteiger partial charge in [0.2, 0.25) is 0 Å². The monoisotopic (exact) mass is 140 g/mol. The molecule has 0 fully saturated rings. The first kappa shape index (κ1) is 7.80. The van der Waals surface area contributed by atoms with Gasteiger partial charge in [-0.05, 0) is 12.8 Å². The van der Waals surface area contributed by atoms with Crippen LogP contribution in [0.1, 0.15) is 26.2 Å². The molecule has 1 atom stereocenters. The number of hydrogen-bond acceptors (Lipinski definition) is 1. The summed E-state index contributed by atoms with van der Waals surface area (Å²) in [6, 6.07) is 0. The first-order valence-electron chi connectivity index (χ1n) is 4.18. The van der Waals surface area contributed by atoms with Crippen molar-refractivity contribution < 1.29 is 4.74 Å². The largest absolute Gasteiger partial charge is 0.381 e. The molecule has 0 spiro atoms. The summed E-state index contributed by atoms with van der Waals surface area (Å²) < 4.78 is 5.43. The predicted molar refractivity (Wildman–Crippen MR) is 43.0 cm³/mol. The highest BCUT2D eigenvalue weighted by Crippen LogP contribution is 2.16. The molecule has 0 aliphatic heterocycles. The summed E-state index contributed by atoms with van der Waals surface area (Å²) in [5, 5.41) is 0. The van der Waals surface area contributed by atoms with Crippen LogP contribution in [0.4, 0.5) is 0 Å². The molecule has 0 saturated heterocycles. The van der Waals surface area contributed by atoms with E-state index in [1.807, 2.05) is 0 Å². The molecule has 1 aliphatic rings.